The van der Waals surface area contributed by atoms with E-state index in [4.69, 9.17) is 11.0 Å². The fraction of sp³-hybridized carbons (Fsp3) is 0.250. The summed E-state index contributed by atoms with van der Waals surface area (Å²) in [7, 11) is 0. The van der Waals surface area contributed by atoms with Gasteiger partial charge in [0.05, 0.1) is 17.0 Å². The minimum Gasteiger partial charge on any atom is -0.397 e. The molecule has 0 aliphatic heterocycles. The van der Waals surface area contributed by atoms with Crippen LogP contribution in [0.15, 0.2) is 18.3 Å². The van der Waals surface area contributed by atoms with E-state index in [1.807, 2.05) is 12.2 Å². The Kier molecular flexibility index (Phi) is 1.94. The lowest BCUT2D eigenvalue weighted by Crippen LogP contribution is -2.06. The molecule has 1 aromatic heterocycles. The summed E-state index contributed by atoms with van der Waals surface area (Å²) in [5, 5.41) is 8.93. The number of hydrogen-bond acceptors (Lipinski definition) is 2. The van der Waals surface area contributed by atoms with Gasteiger partial charge >= 0.3 is 0 Å². The highest BCUT2D eigenvalue weighted by molar-refractivity contribution is 5.76. The number of rotatable bonds is 0. The van der Waals surface area contributed by atoms with Gasteiger partial charge in [0.15, 0.2) is 0 Å². The lowest BCUT2D eigenvalue weighted by Gasteiger charge is -2.13. The second kappa shape index (κ2) is 3.03. The predicted octanol–water partition coefficient (Wildman–Crippen LogP) is 2.24. The van der Waals surface area contributed by atoms with Gasteiger partial charge in [-0.15, -0.1) is 0 Å². The van der Waals surface area contributed by atoms with Crippen LogP contribution >= 0.6 is 0 Å². The Bertz CT molecular complexity index is 495. The van der Waals surface area contributed by atoms with Crippen molar-refractivity contribution in [2.24, 2.45) is 11.1 Å². The molecule has 0 bridgehead atoms. The third-order valence-corrected chi connectivity index (χ3v) is 2.54. The number of nitrogens with one attached hydrogen (secondary N) is 1. The van der Waals surface area contributed by atoms with Crippen LogP contribution in [-0.2, 0) is 0 Å². The standard InChI is InChI=1S/C12H13N3/c1-12(2)4-3-9-8(6-13)7-15-11(9)10(14)5-12/h3-5,7,15H,14H2,1-2H3. The van der Waals surface area contributed by atoms with E-state index in [0.717, 1.165) is 11.3 Å². The van der Waals surface area contributed by atoms with Crippen LogP contribution in [0, 0.1) is 16.7 Å². The second-order valence-electron chi connectivity index (χ2n) is 4.36. The zero-order valence-corrected chi connectivity index (χ0v) is 8.83. The van der Waals surface area contributed by atoms with Crippen molar-refractivity contribution in [1.82, 2.24) is 4.98 Å². The maximum Gasteiger partial charge on any atom is 0.101 e. The van der Waals surface area contributed by atoms with E-state index in [1.54, 1.807) is 6.20 Å². The zero-order chi connectivity index (χ0) is 11.1. The molecule has 1 heterocycles. The second-order valence-corrected chi connectivity index (χ2v) is 4.36. The molecule has 3 nitrogen and oxygen atoms in total. The topological polar surface area (TPSA) is 65.6 Å². The molecular weight excluding hydrogens is 186 g/mol. The monoisotopic (exact) mass is 199 g/mol. The number of nitriles is 1. The number of H-pyrrole nitrogens is 1. The van der Waals surface area contributed by atoms with Crippen LogP contribution in [0.4, 0.5) is 0 Å². The molecule has 0 amide bonds. The van der Waals surface area contributed by atoms with Crippen molar-refractivity contribution in [2.45, 2.75) is 13.8 Å². The average Bonchev–Trinajstić information content (AvgIpc) is 2.52. The van der Waals surface area contributed by atoms with Crippen molar-refractivity contribution in [3.8, 4) is 6.07 Å². The summed E-state index contributed by atoms with van der Waals surface area (Å²) in [5.41, 5.74) is 8.96. The Morgan fingerprint density at radius 2 is 2.20 bits per heavy atom. The van der Waals surface area contributed by atoms with E-state index < -0.39 is 0 Å². The number of fused-ring (bicyclic) bond motifs is 1. The Labute approximate surface area is 88.9 Å². The summed E-state index contributed by atoms with van der Waals surface area (Å²) < 4.78 is 0. The molecular formula is C12H13N3. The van der Waals surface area contributed by atoms with E-state index in [2.05, 4.69) is 31.0 Å². The molecule has 0 aromatic carbocycles. The number of allylic oxidation sites excluding steroid dienone is 2. The molecule has 1 aromatic rings. The van der Waals surface area contributed by atoms with Crippen molar-refractivity contribution in [3.05, 3.63) is 35.2 Å². The molecule has 3 heteroatoms. The van der Waals surface area contributed by atoms with E-state index >= 15 is 0 Å². The number of aromatic amines is 1. The van der Waals surface area contributed by atoms with Crippen LogP contribution in [0.2, 0.25) is 0 Å². The van der Waals surface area contributed by atoms with Gasteiger partial charge in [0, 0.05) is 17.2 Å². The SMILES string of the molecule is CC1(C)C=Cc2c(C#N)c[nH]c2C(N)=C1. The highest BCUT2D eigenvalue weighted by atomic mass is 14.8. The number of hydrogen-bond donors (Lipinski definition) is 2. The summed E-state index contributed by atoms with van der Waals surface area (Å²) in [5.74, 6) is 0. The fourth-order valence-corrected chi connectivity index (χ4v) is 1.76. The van der Waals surface area contributed by atoms with E-state index in [1.165, 1.54) is 0 Å². The van der Waals surface area contributed by atoms with E-state index in [-0.39, 0.29) is 5.41 Å². The molecule has 15 heavy (non-hydrogen) atoms. The molecule has 0 saturated heterocycles. The first-order valence-corrected chi connectivity index (χ1v) is 4.83. The minimum absolute atomic E-state index is 0.0727. The Hall–Kier alpha value is -1.95. The van der Waals surface area contributed by atoms with Crippen LogP contribution in [0.3, 0.4) is 0 Å². The van der Waals surface area contributed by atoms with Crippen LogP contribution in [0.25, 0.3) is 11.8 Å². The summed E-state index contributed by atoms with van der Waals surface area (Å²) in [6, 6.07) is 2.15. The van der Waals surface area contributed by atoms with Crippen molar-refractivity contribution in [3.63, 3.8) is 0 Å². The first kappa shape index (κ1) is 9.60. The molecule has 0 atom stereocenters. The van der Waals surface area contributed by atoms with Crippen LogP contribution in [-0.4, -0.2) is 4.98 Å². The van der Waals surface area contributed by atoms with Crippen LogP contribution < -0.4 is 5.73 Å². The quantitative estimate of drug-likeness (QED) is 0.673. The Balaban J connectivity index is 2.65. The van der Waals surface area contributed by atoms with Crippen molar-refractivity contribution in [1.29, 1.82) is 5.26 Å². The van der Waals surface area contributed by atoms with Crippen molar-refractivity contribution >= 4 is 11.8 Å². The van der Waals surface area contributed by atoms with Gasteiger partial charge < -0.3 is 10.7 Å². The van der Waals surface area contributed by atoms with E-state index in [0.29, 0.717) is 11.3 Å². The molecule has 0 radical (unpaired) electrons. The number of aromatic nitrogens is 1. The molecule has 76 valence electrons. The van der Waals surface area contributed by atoms with Gasteiger partial charge in [-0.2, -0.15) is 5.26 Å². The number of nitrogens with zero attached hydrogens (tertiary/aromatic N) is 1. The van der Waals surface area contributed by atoms with Gasteiger partial charge in [0.2, 0.25) is 0 Å². The Morgan fingerprint density at radius 3 is 2.87 bits per heavy atom. The molecule has 1 aliphatic rings. The normalized spacial score (nSPS) is 17.5. The summed E-state index contributed by atoms with van der Waals surface area (Å²) in [4.78, 5) is 3.04. The molecule has 0 fully saturated rings. The highest BCUT2D eigenvalue weighted by Crippen LogP contribution is 2.31. The van der Waals surface area contributed by atoms with Gasteiger partial charge in [-0.05, 0) is 6.08 Å². The molecule has 1 aliphatic carbocycles. The lowest BCUT2D eigenvalue weighted by atomic mass is 9.92. The van der Waals surface area contributed by atoms with Gasteiger partial charge in [-0.1, -0.05) is 26.0 Å². The zero-order valence-electron chi connectivity index (χ0n) is 8.83. The van der Waals surface area contributed by atoms with Gasteiger partial charge in [0.1, 0.15) is 6.07 Å². The Morgan fingerprint density at radius 1 is 1.47 bits per heavy atom. The number of nitrogens with two attached hydrogens (primary N) is 1. The van der Waals surface area contributed by atoms with Gasteiger partial charge in [-0.3, -0.25) is 0 Å². The molecule has 2 rings (SSSR count). The first-order valence-electron chi connectivity index (χ1n) is 4.83. The summed E-state index contributed by atoms with van der Waals surface area (Å²) in [6.07, 6.45) is 7.70. The maximum absolute atomic E-state index is 8.93. The molecule has 3 N–H and O–H groups in total. The smallest absolute Gasteiger partial charge is 0.101 e. The van der Waals surface area contributed by atoms with Crippen molar-refractivity contribution in [2.75, 3.05) is 0 Å². The van der Waals surface area contributed by atoms with Gasteiger partial charge in [-0.25, -0.2) is 0 Å². The predicted molar refractivity (Wildman–Crippen MR) is 60.5 cm³/mol. The lowest BCUT2D eigenvalue weighted by molar-refractivity contribution is 0.631. The summed E-state index contributed by atoms with van der Waals surface area (Å²) >= 11 is 0. The first-order chi connectivity index (χ1) is 7.03. The van der Waals surface area contributed by atoms with Gasteiger partial charge in [0.25, 0.3) is 0 Å². The third-order valence-electron chi connectivity index (χ3n) is 2.54. The van der Waals surface area contributed by atoms with Crippen LogP contribution in [0.1, 0.15) is 30.7 Å². The summed E-state index contributed by atoms with van der Waals surface area (Å²) in [6.45, 7) is 4.16. The molecule has 0 unspecified atom stereocenters. The molecule has 0 saturated carbocycles. The highest BCUT2D eigenvalue weighted by Gasteiger charge is 2.19. The third kappa shape index (κ3) is 1.55. The maximum atomic E-state index is 8.93. The van der Waals surface area contributed by atoms with Crippen molar-refractivity contribution < 1.29 is 0 Å². The van der Waals surface area contributed by atoms with E-state index in [9.17, 15) is 0 Å². The average molecular weight is 199 g/mol. The largest absolute Gasteiger partial charge is 0.397 e. The fourth-order valence-electron chi connectivity index (χ4n) is 1.76. The molecule has 0 spiro atoms. The van der Waals surface area contributed by atoms with Crippen LogP contribution in [0.5, 0.6) is 0 Å². The minimum atomic E-state index is -0.0727.